The summed E-state index contributed by atoms with van der Waals surface area (Å²) in [6.07, 6.45) is 1.76. The van der Waals surface area contributed by atoms with Crippen LogP contribution < -0.4 is 4.80 Å². The molecule has 0 aliphatic carbocycles. The molecule has 0 radical (unpaired) electrons. The van der Waals surface area contributed by atoms with Crippen LogP contribution in [0.15, 0.2) is 16.6 Å². The van der Waals surface area contributed by atoms with Crippen molar-refractivity contribution in [2.75, 3.05) is 5.75 Å². The maximum Gasteiger partial charge on any atom is 0.263 e. The van der Waals surface area contributed by atoms with Gasteiger partial charge < -0.3 is 4.57 Å². The quantitative estimate of drug-likeness (QED) is 0.788. The molecule has 0 saturated heterocycles. The number of sulfone groups is 1. The number of carbonyl (C=O) groups is 1. The number of carbonyl (C=O) groups excluding carboxylic acids is 1. The molecule has 0 aliphatic heterocycles. The summed E-state index contributed by atoms with van der Waals surface area (Å²) in [5, 5.41) is 1.23. The first-order chi connectivity index (χ1) is 7.33. The molecule has 1 amide bonds. The summed E-state index contributed by atoms with van der Waals surface area (Å²) in [6.45, 7) is 3.10. The van der Waals surface area contributed by atoms with E-state index in [0.29, 0.717) is 4.80 Å². The highest BCUT2D eigenvalue weighted by Gasteiger charge is 2.20. The van der Waals surface area contributed by atoms with Gasteiger partial charge in [0.1, 0.15) is 5.75 Å². The van der Waals surface area contributed by atoms with Crippen LogP contribution in [-0.2, 0) is 21.7 Å². The summed E-state index contributed by atoms with van der Waals surface area (Å²) < 4.78 is 24.6. The smallest absolute Gasteiger partial charge is 0.263 e. The number of amides is 1. The van der Waals surface area contributed by atoms with Crippen molar-refractivity contribution in [1.29, 1.82) is 0 Å². The number of nitrogens with zero attached hydrogens (tertiary/aromatic N) is 2. The lowest BCUT2D eigenvalue weighted by atomic mass is 10.6. The molecule has 0 aliphatic rings. The van der Waals surface area contributed by atoms with Gasteiger partial charge in [0, 0.05) is 18.6 Å². The first-order valence-corrected chi connectivity index (χ1v) is 7.31. The van der Waals surface area contributed by atoms with Gasteiger partial charge in [-0.1, -0.05) is 0 Å². The normalized spacial score (nSPS) is 13.4. The predicted octanol–water partition coefficient (Wildman–Crippen LogP) is 0.337. The molecule has 1 heterocycles. The highest BCUT2D eigenvalue weighted by molar-refractivity contribution is 7.92. The van der Waals surface area contributed by atoms with Crippen LogP contribution in [0.1, 0.15) is 13.8 Å². The Morgan fingerprint density at radius 3 is 2.62 bits per heavy atom. The third-order valence-electron chi connectivity index (χ3n) is 2.02. The van der Waals surface area contributed by atoms with E-state index >= 15 is 0 Å². The minimum atomic E-state index is -3.36. The summed E-state index contributed by atoms with van der Waals surface area (Å²) in [5.41, 5.74) is 0. The van der Waals surface area contributed by atoms with Gasteiger partial charge in [-0.3, -0.25) is 4.79 Å². The Morgan fingerprint density at radius 1 is 1.56 bits per heavy atom. The zero-order valence-electron chi connectivity index (χ0n) is 9.37. The van der Waals surface area contributed by atoms with Gasteiger partial charge in [-0.25, -0.2) is 8.42 Å². The lowest BCUT2D eigenvalue weighted by Crippen LogP contribution is -2.24. The molecule has 0 atom stereocenters. The van der Waals surface area contributed by atoms with E-state index in [1.165, 1.54) is 11.3 Å². The second kappa shape index (κ2) is 4.92. The number of thiazole rings is 1. The third kappa shape index (κ3) is 3.28. The van der Waals surface area contributed by atoms with Crippen molar-refractivity contribution >= 4 is 27.1 Å². The Morgan fingerprint density at radius 2 is 2.19 bits per heavy atom. The summed E-state index contributed by atoms with van der Waals surface area (Å²) >= 11 is 1.29. The molecule has 1 aromatic rings. The van der Waals surface area contributed by atoms with Crippen molar-refractivity contribution in [3.63, 3.8) is 0 Å². The molecule has 1 rings (SSSR count). The van der Waals surface area contributed by atoms with E-state index in [1.54, 1.807) is 37.0 Å². The zero-order valence-corrected chi connectivity index (χ0v) is 11.0. The Balaban J connectivity index is 2.88. The standard InChI is InChI=1S/C9H14N2O3S2/c1-7(2)16(13,14)6-8(12)10-9-11(3)4-5-15-9/h4-5,7H,6H2,1-3H3. The van der Waals surface area contributed by atoms with Gasteiger partial charge in [-0.2, -0.15) is 4.99 Å². The molecule has 0 spiro atoms. The molecule has 0 bridgehead atoms. The molecule has 90 valence electrons. The van der Waals surface area contributed by atoms with E-state index in [0.717, 1.165) is 0 Å². The largest absolute Gasteiger partial charge is 0.327 e. The van der Waals surface area contributed by atoms with Crippen molar-refractivity contribution in [2.45, 2.75) is 19.1 Å². The topological polar surface area (TPSA) is 68.5 Å². The average molecular weight is 262 g/mol. The maximum absolute atomic E-state index is 11.5. The Labute approximate surface area is 98.4 Å². The summed E-state index contributed by atoms with van der Waals surface area (Å²) in [6, 6.07) is 0. The van der Waals surface area contributed by atoms with Crippen molar-refractivity contribution in [3.05, 3.63) is 16.4 Å². The van der Waals surface area contributed by atoms with E-state index in [-0.39, 0.29) is 0 Å². The van der Waals surface area contributed by atoms with Crippen molar-refractivity contribution in [2.24, 2.45) is 12.0 Å². The van der Waals surface area contributed by atoms with Gasteiger partial charge in [0.2, 0.25) is 0 Å². The van der Waals surface area contributed by atoms with Crippen LogP contribution in [0.25, 0.3) is 0 Å². The Kier molecular flexibility index (Phi) is 4.03. The molecule has 0 aromatic carbocycles. The molecule has 5 nitrogen and oxygen atoms in total. The monoisotopic (exact) mass is 262 g/mol. The lowest BCUT2D eigenvalue weighted by Gasteiger charge is -2.03. The summed E-state index contributed by atoms with van der Waals surface area (Å²) in [4.78, 5) is 15.7. The van der Waals surface area contributed by atoms with Gasteiger partial charge in [0.25, 0.3) is 5.91 Å². The van der Waals surface area contributed by atoms with Crippen molar-refractivity contribution in [3.8, 4) is 0 Å². The number of rotatable bonds is 3. The number of hydrogen-bond acceptors (Lipinski definition) is 4. The van der Waals surface area contributed by atoms with E-state index in [1.807, 2.05) is 0 Å². The highest BCUT2D eigenvalue weighted by Crippen LogP contribution is 2.01. The van der Waals surface area contributed by atoms with E-state index < -0.39 is 26.7 Å². The van der Waals surface area contributed by atoms with Crippen LogP contribution in [0.2, 0.25) is 0 Å². The maximum atomic E-state index is 11.5. The van der Waals surface area contributed by atoms with Gasteiger partial charge in [-0.05, 0) is 13.8 Å². The number of aryl methyl sites for hydroxylation is 1. The molecule has 7 heteroatoms. The molecule has 1 aromatic heterocycles. The van der Waals surface area contributed by atoms with Gasteiger partial charge in [0.15, 0.2) is 14.6 Å². The van der Waals surface area contributed by atoms with Crippen LogP contribution in [-0.4, -0.2) is 29.9 Å². The lowest BCUT2D eigenvalue weighted by molar-refractivity contribution is -0.115. The van der Waals surface area contributed by atoms with Gasteiger partial charge >= 0.3 is 0 Å². The number of aromatic nitrogens is 1. The van der Waals surface area contributed by atoms with Crippen LogP contribution in [0, 0.1) is 0 Å². The molecular formula is C9H14N2O3S2. The van der Waals surface area contributed by atoms with Gasteiger partial charge in [0.05, 0.1) is 5.25 Å². The van der Waals surface area contributed by atoms with Crippen LogP contribution in [0.4, 0.5) is 0 Å². The third-order valence-corrected chi connectivity index (χ3v) is 4.96. The molecular weight excluding hydrogens is 248 g/mol. The molecule has 16 heavy (non-hydrogen) atoms. The van der Waals surface area contributed by atoms with Crippen molar-refractivity contribution in [1.82, 2.24) is 4.57 Å². The zero-order chi connectivity index (χ0) is 12.3. The summed E-state index contributed by atoms with van der Waals surface area (Å²) in [7, 11) is -1.61. The average Bonchev–Trinajstić information content (AvgIpc) is 2.50. The predicted molar refractivity (Wildman–Crippen MR) is 62.8 cm³/mol. The second-order valence-electron chi connectivity index (χ2n) is 3.66. The highest BCUT2D eigenvalue weighted by atomic mass is 32.2. The SMILES string of the molecule is CC(C)S(=O)(=O)CC(=O)N=c1sccn1C. The Hall–Kier alpha value is -0.950. The minimum absolute atomic E-state index is 0.504. The first kappa shape index (κ1) is 13.1. The first-order valence-electron chi connectivity index (χ1n) is 4.72. The fraction of sp³-hybridized carbons (Fsp3) is 0.556. The van der Waals surface area contributed by atoms with E-state index in [2.05, 4.69) is 4.99 Å². The van der Waals surface area contributed by atoms with Crippen LogP contribution in [0.5, 0.6) is 0 Å². The fourth-order valence-corrected chi connectivity index (χ4v) is 2.40. The fourth-order valence-electron chi connectivity index (χ4n) is 0.912. The van der Waals surface area contributed by atoms with Crippen LogP contribution in [0.3, 0.4) is 0 Å². The second-order valence-corrected chi connectivity index (χ2v) is 7.09. The molecule has 0 unspecified atom stereocenters. The minimum Gasteiger partial charge on any atom is -0.327 e. The number of hydrogen-bond donors (Lipinski definition) is 0. The van der Waals surface area contributed by atoms with E-state index in [4.69, 9.17) is 0 Å². The van der Waals surface area contributed by atoms with E-state index in [9.17, 15) is 13.2 Å². The molecule has 0 saturated carbocycles. The van der Waals surface area contributed by atoms with Crippen molar-refractivity contribution < 1.29 is 13.2 Å². The van der Waals surface area contributed by atoms with Crippen LogP contribution >= 0.6 is 11.3 Å². The molecule has 0 N–H and O–H groups in total. The summed E-state index contributed by atoms with van der Waals surface area (Å²) in [5.74, 6) is -1.14. The Bertz CT molecular complexity index is 537. The van der Waals surface area contributed by atoms with Gasteiger partial charge in [-0.15, -0.1) is 11.3 Å². The molecule has 0 fully saturated rings.